The molecule has 0 spiro atoms. The van der Waals surface area contributed by atoms with Crippen LogP contribution in [0.25, 0.3) is 0 Å². The van der Waals surface area contributed by atoms with Gasteiger partial charge in [-0.25, -0.2) is 4.79 Å². The Hall–Kier alpha value is -3.08. The van der Waals surface area contributed by atoms with E-state index in [1.54, 1.807) is 6.07 Å². The first-order valence-electron chi connectivity index (χ1n) is 8.65. The second-order valence-corrected chi connectivity index (χ2v) is 7.87. The Bertz CT molecular complexity index is 1190. The molecule has 0 fully saturated rings. The standard InChI is InChI=1S/C18H18BrN5O5/c1-8(2)7-24-14(25)9-5-6-10(19)12(11(9)15(24)26)20-21-13-16(27)22(3)18(29)23(4)17(13)28/h5-6,8,27H,7H2,1-4H3. The Balaban J connectivity index is 2.16. The minimum Gasteiger partial charge on any atom is -0.493 e. The molecule has 0 saturated heterocycles. The van der Waals surface area contributed by atoms with Crippen molar-refractivity contribution in [1.29, 1.82) is 0 Å². The molecule has 11 heteroatoms. The maximum atomic E-state index is 12.8. The van der Waals surface area contributed by atoms with Gasteiger partial charge in [0.15, 0.2) is 0 Å². The topological polar surface area (TPSA) is 126 Å². The fraction of sp³-hybridized carbons (Fsp3) is 0.333. The summed E-state index contributed by atoms with van der Waals surface area (Å²) in [6.45, 7) is 4.03. The maximum Gasteiger partial charge on any atom is 0.333 e. The molecule has 0 aliphatic carbocycles. The summed E-state index contributed by atoms with van der Waals surface area (Å²) in [6, 6.07) is 3.07. The van der Waals surface area contributed by atoms with Crippen molar-refractivity contribution in [1.82, 2.24) is 14.0 Å². The second kappa shape index (κ2) is 7.39. The average Bonchev–Trinajstić information content (AvgIpc) is 2.90. The Morgan fingerprint density at radius 3 is 2.24 bits per heavy atom. The molecule has 2 aromatic rings. The number of aromatic hydroxyl groups is 1. The van der Waals surface area contributed by atoms with Crippen molar-refractivity contribution < 1.29 is 14.7 Å². The largest absolute Gasteiger partial charge is 0.493 e. The van der Waals surface area contributed by atoms with Gasteiger partial charge in [0.2, 0.25) is 11.6 Å². The summed E-state index contributed by atoms with van der Waals surface area (Å²) in [5.74, 6) is -1.51. The molecule has 0 saturated carbocycles. The van der Waals surface area contributed by atoms with Crippen LogP contribution in [-0.4, -0.2) is 37.5 Å². The summed E-state index contributed by atoms with van der Waals surface area (Å²) in [5, 5.41) is 17.9. The molecule has 3 rings (SSSR count). The normalized spacial score (nSPS) is 13.8. The molecule has 1 aromatic carbocycles. The average molecular weight is 464 g/mol. The van der Waals surface area contributed by atoms with Crippen LogP contribution >= 0.6 is 15.9 Å². The first-order chi connectivity index (χ1) is 13.6. The molecule has 1 aliphatic heterocycles. The first-order valence-corrected chi connectivity index (χ1v) is 9.45. The molecule has 1 N–H and O–H groups in total. The number of amides is 2. The molecule has 0 unspecified atom stereocenters. The zero-order valence-electron chi connectivity index (χ0n) is 16.1. The highest BCUT2D eigenvalue weighted by atomic mass is 79.9. The predicted molar refractivity (Wildman–Crippen MR) is 107 cm³/mol. The number of aromatic nitrogens is 2. The fourth-order valence-electron chi connectivity index (χ4n) is 2.97. The number of hydrogen-bond donors (Lipinski definition) is 1. The van der Waals surface area contributed by atoms with E-state index in [4.69, 9.17) is 0 Å². The molecule has 1 aliphatic rings. The minimum atomic E-state index is -0.845. The van der Waals surface area contributed by atoms with Crippen LogP contribution in [0.5, 0.6) is 5.88 Å². The van der Waals surface area contributed by atoms with Gasteiger partial charge in [0.1, 0.15) is 5.69 Å². The highest BCUT2D eigenvalue weighted by molar-refractivity contribution is 9.10. The van der Waals surface area contributed by atoms with Gasteiger partial charge in [0, 0.05) is 25.1 Å². The van der Waals surface area contributed by atoms with Crippen LogP contribution in [0.3, 0.4) is 0 Å². The minimum absolute atomic E-state index is 0.0578. The van der Waals surface area contributed by atoms with Crippen molar-refractivity contribution in [2.45, 2.75) is 13.8 Å². The molecular weight excluding hydrogens is 446 g/mol. The van der Waals surface area contributed by atoms with Crippen LogP contribution in [0.15, 0.2) is 36.4 Å². The lowest BCUT2D eigenvalue weighted by atomic mass is 10.1. The summed E-state index contributed by atoms with van der Waals surface area (Å²) in [4.78, 5) is 50.7. The summed E-state index contributed by atoms with van der Waals surface area (Å²) in [7, 11) is 2.52. The SMILES string of the molecule is CC(C)CN1C(=O)c2ccc(Br)c(N=Nc3c(O)n(C)c(=O)n(C)c3=O)c2C1=O. The van der Waals surface area contributed by atoms with Crippen molar-refractivity contribution in [2.24, 2.45) is 30.2 Å². The third-order valence-electron chi connectivity index (χ3n) is 4.47. The molecule has 10 nitrogen and oxygen atoms in total. The molecular formula is C18H18BrN5O5. The van der Waals surface area contributed by atoms with Gasteiger partial charge < -0.3 is 5.11 Å². The van der Waals surface area contributed by atoms with Gasteiger partial charge in [0.05, 0.1) is 11.1 Å². The van der Waals surface area contributed by atoms with Gasteiger partial charge in [-0.3, -0.25) is 28.4 Å². The zero-order valence-corrected chi connectivity index (χ0v) is 17.7. The van der Waals surface area contributed by atoms with E-state index in [9.17, 15) is 24.3 Å². The summed E-state index contributed by atoms with van der Waals surface area (Å²) >= 11 is 3.28. The number of rotatable bonds is 4. The van der Waals surface area contributed by atoms with E-state index in [1.807, 2.05) is 13.8 Å². The number of imide groups is 1. The molecule has 2 heterocycles. The summed E-state index contributed by atoms with van der Waals surface area (Å²) < 4.78 is 2.00. The Kier molecular flexibility index (Phi) is 5.26. The molecule has 29 heavy (non-hydrogen) atoms. The summed E-state index contributed by atoms with van der Waals surface area (Å²) in [6.07, 6.45) is 0. The monoisotopic (exact) mass is 463 g/mol. The van der Waals surface area contributed by atoms with E-state index in [0.29, 0.717) is 4.47 Å². The van der Waals surface area contributed by atoms with Crippen LogP contribution in [0.2, 0.25) is 0 Å². The number of carbonyl (C=O) groups is 2. The van der Waals surface area contributed by atoms with Gasteiger partial charge in [0.25, 0.3) is 17.4 Å². The van der Waals surface area contributed by atoms with Gasteiger partial charge >= 0.3 is 5.69 Å². The van der Waals surface area contributed by atoms with Crippen LogP contribution < -0.4 is 11.2 Å². The van der Waals surface area contributed by atoms with E-state index in [2.05, 4.69) is 26.2 Å². The van der Waals surface area contributed by atoms with Crippen molar-refractivity contribution in [3.05, 3.63) is 48.6 Å². The van der Waals surface area contributed by atoms with E-state index < -0.39 is 34.6 Å². The maximum absolute atomic E-state index is 12.8. The lowest BCUT2D eigenvalue weighted by Gasteiger charge is -2.15. The number of benzene rings is 1. The van der Waals surface area contributed by atoms with E-state index in [-0.39, 0.29) is 29.3 Å². The number of nitrogens with zero attached hydrogens (tertiary/aromatic N) is 5. The van der Waals surface area contributed by atoms with Crippen molar-refractivity contribution >= 4 is 39.1 Å². The zero-order chi connectivity index (χ0) is 21.6. The predicted octanol–water partition coefficient (Wildman–Crippen LogP) is 2.22. The van der Waals surface area contributed by atoms with Crippen LogP contribution in [-0.2, 0) is 14.1 Å². The lowest BCUT2D eigenvalue weighted by molar-refractivity contribution is 0.0636. The Morgan fingerprint density at radius 1 is 1.00 bits per heavy atom. The highest BCUT2D eigenvalue weighted by Crippen LogP contribution is 2.38. The Labute approximate surface area is 173 Å². The molecule has 152 valence electrons. The number of fused-ring (bicyclic) bond motifs is 1. The smallest absolute Gasteiger partial charge is 0.333 e. The molecule has 2 amide bonds. The molecule has 0 radical (unpaired) electrons. The quantitative estimate of drug-likeness (QED) is 0.549. The third-order valence-corrected chi connectivity index (χ3v) is 5.11. The Morgan fingerprint density at radius 2 is 1.62 bits per heavy atom. The van der Waals surface area contributed by atoms with E-state index in [1.165, 1.54) is 20.2 Å². The van der Waals surface area contributed by atoms with Crippen LogP contribution in [0, 0.1) is 5.92 Å². The number of halogens is 1. The van der Waals surface area contributed by atoms with Gasteiger partial charge in [-0.15, -0.1) is 10.2 Å². The molecule has 0 atom stereocenters. The van der Waals surface area contributed by atoms with E-state index >= 15 is 0 Å². The van der Waals surface area contributed by atoms with E-state index in [0.717, 1.165) is 14.0 Å². The van der Waals surface area contributed by atoms with Crippen LogP contribution in [0.4, 0.5) is 11.4 Å². The number of hydrogen-bond acceptors (Lipinski definition) is 7. The fourth-order valence-corrected chi connectivity index (χ4v) is 3.37. The molecule has 1 aromatic heterocycles. The van der Waals surface area contributed by atoms with Crippen molar-refractivity contribution in [2.75, 3.05) is 6.54 Å². The molecule has 0 bridgehead atoms. The lowest BCUT2D eigenvalue weighted by Crippen LogP contribution is -2.36. The third kappa shape index (κ3) is 3.31. The summed E-state index contributed by atoms with van der Waals surface area (Å²) in [5.41, 5.74) is -1.72. The highest BCUT2D eigenvalue weighted by Gasteiger charge is 2.38. The van der Waals surface area contributed by atoms with Gasteiger partial charge in [-0.1, -0.05) is 13.8 Å². The number of carbonyl (C=O) groups excluding carboxylic acids is 2. The second-order valence-electron chi connectivity index (χ2n) is 7.01. The van der Waals surface area contributed by atoms with Crippen LogP contribution in [0.1, 0.15) is 34.6 Å². The van der Waals surface area contributed by atoms with Crippen molar-refractivity contribution in [3.63, 3.8) is 0 Å². The van der Waals surface area contributed by atoms with Crippen molar-refractivity contribution in [3.8, 4) is 5.88 Å². The van der Waals surface area contributed by atoms with Gasteiger partial charge in [-0.2, -0.15) is 0 Å². The first kappa shape index (κ1) is 20.6. The number of azo groups is 1. The van der Waals surface area contributed by atoms with Gasteiger partial charge in [-0.05, 0) is 34.0 Å².